The molecular formula is C23H29N3O2. The van der Waals surface area contributed by atoms with Gasteiger partial charge in [0.2, 0.25) is 5.88 Å². The number of hydrogen-bond donors (Lipinski definition) is 0. The monoisotopic (exact) mass is 379 g/mol. The molecule has 0 saturated carbocycles. The highest BCUT2D eigenvalue weighted by molar-refractivity contribution is 6.08. The Hall–Kier alpha value is -2.66. The second kappa shape index (κ2) is 9.51. The normalized spacial score (nSPS) is 15.3. The molecule has 148 valence electrons. The fraction of sp³-hybridized carbons (Fsp3) is 0.391. The number of aliphatic imine (C=N–C) groups is 1. The maximum atomic E-state index is 6.07. The van der Waals surface area contributed by atoms with Crippen molar-refractivity contribution < 1.29 is 9.47 Å². The predicted octanol–water partition coefficient (Wildman–Crippen LogP) is 4.79. The van der Waals surface area contributed by atoms with Gasteiger partial charge in [0.15, 0.2) is 0 Å². The Labute approximate surface area is 167 Å². The molecule has 1 aromatic carbocycles. The standard InChI is InChI=1S/C23H29N3O2/c1-5-22(24-14-17(2)3)20-8-6-18(7-9-20)16-28-23-21(15-26(4)25-23)19-10-12-27-13-11-19/h5-9,14-15,19H,1,10-13,16H2,2-4H3. The van der Waals surface area contributed by atoms with Crippen LogP contribution in [0.15, 0.2) is 59.9 Å². The van der Waals surface area contributed by atoms with Gasteiger partial charge in [0.25, 0.3) is 0 Å². The van der Waals surface area contributed by atoms with Crippen LogP contribution in [-0.2, 0) is 18.4 Å². The summed E-state index contributed by atoms with van der Waals surface area (Å²) in [4.78, 5) is 4.48. The van der Waals surface area contributed by atoms with Crippen molar-refractivity contribution in [3.05, 3.63) is 71.6 Å². The fourth-order valence-electron chi connectivity index (χ4n) is 3.25. The summed E-state index contributed by atoms with van der Waals surface area (Å²) in [5.41, 5.74) is 5.33. The van der Waals surface area contributed by atoms with Crippen LogP contribution in [0.25, 0.3) is 0 Å². The number of allylic oxidation sites excluding steroid dienone is 2. The molecule has 1 saturated heterocycles. The summed E-state index contributed by atoms with van der Waals surface area (Å²) in [5, 5.41) is 4.52. The van der Waals surface area contributed by atoms with Crippen LogP contribution in [0, 0.1) is 0 Å². The van der Waals surface area contributed by atoms with Crippen molar-refractivity contribution in [3.63, 3.8) is 0 Å². The van der Waals surface area contributed by atoms with Crippen molar-refractivity contribution in [1.82, 2.24) is 9.78 Å². The van der Waals surface area contributed by atoms with Crippen LogP contribution in [0.2, 0.25) is 0 Å². The molecule has 0 aliphatic carbocycles. The van der Waals surface area contributed by atoms with Gasteiger partial charge >= 0.3 is 0 Å². The Balaban J connectivity index is 1.68. The number of benzene rings is 1. The average molecular weight is 380 g/mol. The van der Waals surface area contributed by atoms with Gasteiger partial charge in [-0.3, -0.25) is 9.67 Å². The van der Waals surface area contributed by atoms with E-state index in [0.29, 0.717) is 12.5 Å². The minimum atomic E-state index is 0.460. The van der Waals surface area contributed by atoms with Crippen LogP contribution in [0.1, 0.15) is 49.3 Å². The van der Waals surface area contributed by atoms with Gasteiger partial charge in [0.1, 0.15) is 6.61 Å². The van der Waals surface area contributed by atoms with Crippen molar-refractivity contribution in [2.75, 3.05) is 13.2 Å². The smallest absolute Gasteiger partial charge is 0.236 e. The summed E-state index contributed by atoms with van der Waals surface area (Å²) in [6, 6.07) is 8.23. The second-order valence-corrected chi connectivity index (χ2v) is 7.36. The summed E-state index contributed by atoms with van der Waals surface area (Å²) >= 11 is 0. The molecule has 3 rings (SSSR count). The van der Waals surface area contributed by atoms with E-state index in [-0.39, 0.29) is 0 Å². The van der Waals surface area contributed by atoms with Crippen LogP contribution in [0.5, 0.6) is 5.88 Å². The van der Waals surface area contributed by atoms with E-state index in [2.05, 4.69) is 47.1 Å². The molecule has 0 spiro atoms. The second-order valence-electron chi connectivity index (χ2n) is 7.36. The summed E-state index contributed by atoms with van der Waals surface area (Å²) in [6.45, 7) is 10.0. The molecule has 5 heteroatoms. The Morgan fingerprint density at radius 3 is 2.64 bits per heavy atom. The van der Waals surface area contributed by atoms with Crippen molar-refractivity contribution in [1.29, 1.82) is 0 Å². The van der Waals surface area contributed by atoms with E-state index in [4.69, 9.17) is 9.47 Å². The van der Waals surface area contributed by atoms with Gasteiger partial charge in [0, 0.05) is 43.8 Å². The molecule has 0 unspecified atom stereocenters. The first-order valence-corrected chi connectivity index (χ1v) is 9.74. The van der Waals surface area contributed by atoms with Gasteiger partial charge in [-0.1, -0.05) is 36.4 Å². The molecule has 5 nitrogen and oxygen atoms in total. The van der Waals surface area contributed by atoms with Crippen LogP contribution in [-0.4, -0.2) is 28.7 Å². The Kier molecular flexibility index (Phi) is 6.82. The Morgan fingerprint density at radius 2 is 2.00 bits per heavy atom. The molecule has 0 bridgehead atoms. The maximum Gasteiger partial charge on any atom is 0.236 e. The molecule has 28 heavy (non-hydrogen) atoms. The number of rotatable bonds is 7. The van der Waals surface area contributed by atoms with E-state index < -0.39 is 0 Å². The van der Waals surface area contributed by atoms with Crippen LogP contribution < -0.4 is 4.74 Å². The molecule has 1 aliphatic heterocycles. The highest BCUT2D eigenvalue weighted by Gasteiger charge is 2.22. The first-order chi connectivity index (χ1) is 13.6. The first kappa shape index (κ1) is 20.1. The average Bonchev–Trinajstić information content (AvgIpc) is 3.09. The lowest BCUT2D eigenvalue weighted by Gasteiger charge is -2.21. The number of aromatic nitrogens is 2. The SMILES string of the molecule is C=CC(=NC=C(C)C)c1ccc(COc2nn(C)cc2C2CCOCC2)cc1. The minimum Gasteiger partial charge on any atom is -0.472 e. The topological polar surface area (TPSA) is 48.6 Å². The molecule has 2 aromatic rings. The number of nitrogens with zero attached hydrogens (tertiary/aromatic N) is 3. The zero-order chi connectivity index (χ0) is 19.9. The summed E-state index contributed by atoms with van der Waals surface area (Å²) in [6.07, 6.45) is 7.74. The maximum absolute atomic E-state index is 6.07. The van der Waals surface area contributed by atoms with E-state index in [1.54, 1.807) is 6.08 Å². The van der Waals surface area contributed by atoms with E-state index in [1.165, 1.54) is 5.56 Å². The summed E-state index contributed by atoms with van der Waals surface area (Å²) in [5.74, 6) is 1.19. The largest absolute Gasteiger partial charge is 0.472 e. The number of aryl methyl sites for hydroxylation is 1. The highest BCUT2D eigenvalue weighted by atomic mass is 16.5. The van der Waals surface area contributed by atoms with Crippen molar-refractivity contribution in [3.8, 4) is 5.88 Å². The third-order valence-corrected chi connectivity index (χ3v) is 4.76. The van der Waals surface area contributed by atoms with Crippen LogP contribution >= 0.6 is 0 Å². The van der Waals surface area contributed by atoms with Gasteiger partial charge in [0.05, 0.1) is 5.71 Å². The van der Waals surface area contributed by atoms with Crippen molar-refractivity contribution in [2.45, 2.75) is 39.2 Å². The number of hydrogen-bond acceptors (Lipinski definition) is 4. The molecule has 0 atom stereocenters. The van der Waals surface area contributed by atoms with Gasteiger partial charge < -0.3 is 9.47 Å². The first-order valence-electron chi connectivity index (χ1n) is 9.74. The third kappa shape index (κ3) is 5.20. The number of ether oxygens (including phenoxy) is 2. The molecule has 0 N–H and O–H groups in total. The molecule has 1 aromatic heterocycles. The highest BCUT2D eigenvalue weighted by Crippen LogP contribution is 2.33. The molecule has 0 radical (unpaired) electrons. The van der Waals surface area contributed by atoms with Gasteiger partial charge in [-0.2, -0.15) is 0 Å². The zero-order valence-corrected chi connectivity index (χ0v) is 17.0. The van der Waals surface area contributed by atoms with E-state index >= 15 is 0 Å². The summed E-state index contributed by atoms with van der Waals surface area (Å²) in [7, 11) is 1.94. The third-order valence-electron chi connectivity index (χ3n) is 4.76. The lowest BCUT2D eigenvalue weighted by atomic mass is 9.94. The lowest BCUT2D eigenvalue weighted by Crippen LogP contribution is -2.14. The zero-order valence-electron chi connectivity index (χ0n) is 17.0. The fourth-order valence-corrected chi connectivity index (χ4v) is 3.25. The molecule has 1 aliphatic rings. The predicted molar refractivity (Wildman–Crippen MR) is 113 cm³/mol. The molecule has 0 amide bonds. The lowest BCUT2D eigenvalue weighted by molar-refractivity contribution is 0.0845. The van der Waals surface area contributed by atoms with Crippen LogP contribution in [0.4, 0.5) is 0 Å². The van der Waals surface area contributed by atoms with E-state index in [0.717, 1.165) is 54.3 Å². The Morgan fingerprint density at radius 1 is 1.29 bits per heavy atom. The van der Waals surface area contributed by atoms with Gasteiger partial charge in [-0.05, 0) is 44.2 Å². The molecule has 2 heterocycles. The Bertz CT molecular complexity index is 852. The van der Waals surface area contributed by atoms with E-state index in [1.807, 2.05) is 31.8 Å². The van der Waals surface area contributed by atoms with E-state index in [9.17, 15) is 0 Å². The molecule has 1 fully saturated rings. The summed E-state index contributed by atoms with van der Waals surface area (Å²) < 4.78 is 13.4. The quantitative estimate of drug-likeness (QED) is 0.650. The van der Waals surface area contributed by atoms with Gasteiger partial charge in [-0.15, -0.1) is 5.10 Å². The van der Waals surface area contributed by atoms with Crippen molar-refractivity contribution in [2.24, 2.45) is 12.0 Å². The van der Waals surface area contributed by atoms with Crippen LogP contribution in [0.3, 0.4) is 0 Å². The van der Waals surface area contributed by atoms with Crippen molar-refractivity contribution >= 4 is 5.71 Å². The molecular weight excluding hydrogens is 350 g/mol. The minimum absolute atomic E-state index is 0.460. The van der Waals surface area contributed by atoms with Gasteiger partial charge in [-0.25, -0.2) is 0 Å².